The van der Waals surface area contributed by atoms with E-state index in [1.54, 1.807) is 60.7 Å². The minimum absolute atomic E-state index is 0.0538. The molecule has 0 spiro atoms. The first-order valence-corrected chi connectivity index (χ1v) is 10.2. The molecule has 3 aromatic carbocycles. The van der Waals surface area contributed by atoms with Gasteiger partial charge in [0.15, 0.2) is 4.77 Å². The Kier molecular flexibility index (Phi) is 5.79. The number of hydrogen-bond donors (Lipinski definition) is 1. The van der Waals surface area contributed by atoms with E-state index in [-0.39, 0.29) is 10.5 Å². The Morgan fingerprint density at radius 2 is 1.52 bits per heavy atom. The minimum Gasteiger partial charge on any atom is -0.492 e. The third-order valence-corrected chi connectivity index (χ3v) is 5.30. The van der Waals surface area contributed by atoms with Crippen LogP contribution in [0.15, 0.2) is 93.9 Å². The second-order valence-electron chi connectivity index (χ2n) is 6.75. The summed E-state index contributed by atoms with van der Waals surface area (Å²) < 4.78 is 2.67. The van der Waals surface area contributed by atoms with Gasteiger partial charge in [-0.25, -0.2) is 0 Å². The predicted molar refractivity (Wildman–Crippen MR) is 124 cm³/mol. The lowest BCUT2D eigenvalue weighted by atomic mass is 10.2. The highest BCUT2D eigenvalue weighted by atomic mass is 35.5. The Morgan fingerprint density at radius 1 is 0.871 bits per heavy atom. The molecule has 0 aliphatic rings. The van der Waals surface area contributed by atoms with Gasteiger partial charge in [0.2, 0.25) is 11.6 Å². The second kappa shape index (κ2) is 8.67. The van der Waals surface area contributed by atoms with Crippen molar-refractivity contribution in [3.8, 4) is 17.3 Å². The van der Waals surface area contributed by atoms with E-state index in [9.17, 15) is 9.90 Å². The van der Waals surface area contributed by atoms with Gasteiger partial charge in [0.25, 0.3) is 5.56 Å². The smallest absolute Gasteiger partial charge is 0.290 e. The molecule has 8 heteroatoms. The zero-order valence-corrected chi connectivity index (χ0v) is 18.0. The normalized spacial score (nSPS) is 11.2. The van der Waals surface area contributed by atoms with Crippen LogP contribution in [-0.4, -0.2) is 14.2 Å². The van der Waals surface area contributed by atoms with Crippen LogP contribution in [0.1, 0.15) is 5.56 Å². The van der Waals surface area contributed by atoms with Crippen LogP contribution in [0.4, 0.5) is 11.4 Å². The summed E-state index contributed by atoms with van der Waals surface area (Å²) >= 11 is 12.0. The molecule has 0 amide bonds. The van der Waals surface area contributed by atoms with Crippen molar-refractivity contribution in [1.82, 2.24) is 9.13 Å². The molecule has 31 heavy (non-hydrogen) atoms. The lowest BCUT2D eigenvalue weighted by Crippen LogP contribution is -2.23. The predicted octanol–water partition coefficient (Wildman–Crippen LogP) is 6.44. The highest BCUT2D eigenvalue weighted by Crippen LogP contribution is 2.31. The molecule has 0 fully saturated rings. The molecule has 0 aliphatic heterocycles. The van der Waals surface area contributed by atoms with E-state index < -0.39 is 11.4 Å². The Bertz CT molecular complexity index is 1390. The first-order chi connectivity index (χ1) is 15.0. The van der Waals surface area contributed by atoms with Crippen LogP contribution in [0.5, 0.6) is 5.88 Å². The van der Waals surface area contributed by atoms with Crippen molar-refractivity contribution in [3.05, 3.63) is 105 Å². The Morgan fingerprint density at radius 3 is 2.19 bits per heavy atom. The summed E-state index contributed by atoms with van der Waals surface area (Å²) in [4.78, 5) is 13.3. The molecule has 0 unspecified atom stereocenters. The van der Waals surface area contributed by atoms with Gasteiger partial charge in [0, 0.05) is 0 Å². The van der Waals surface area contributed by atoms with Crippen LogP contribution < -0.4 is 5.56 Å². The molecule has 4 aromatic rings. The molecular formula is C23H17ClN4O2S. The summed E-state index contributed by atoms with van der Waals surface area (Å²) in [5.74, 6) is -0.439. The SMILES string of the molecule is Cc1ccc(-n2c(=O)c(N=Nc3ccccc3)c(O)n(-c3ccccc3Cl)c2=S)cc1. The summed E-state index contributed by atoms with van der Waals surface area (Å²) in [7, 11) is 0. The minimum atomic E-state index is -0.589. The summed E-state index contributed by atoms with van der Waals surface area (Å²) in [5, 5.41) is 19.5. The molecule has 1 heterocycles. The Balaban J connectivity index is 2.04. The number of halogens is 1. The van der Waals surface area contributed by atoms with Gasteiger partial charge in [-0.2, -0.15) is 5.11 Å². The average molecular weight is 449 g/mol. The quantitative estimate of drug-likeness (QED) is 0.288. The van der Waals surface area contributed by atoms with Gasteiger partial charge in [0.1, 0.15) is 0 Å². The molecule has 6 nitrogen and oxygen atoms in total. The van der Waals surface area contributed by atoms with E-state index in [0.717, 1.165) is 5.56 Å². The number of azo groups is 1. The van der Waals surface area contributed by atoms with Gasteiger partial charge in [-0.1, -0.05) is 59.6 Å². The molecule has 0 atom stereocenters. The molecular weight excluding hydrogens is 432 g/mol. The average Bonchev–Trinajstić information content (AvgIpc) is 2.77. The number of nitrogens with zero attached hydrogens (tertiary/aromatic N) is 4. The number of rotatable bonds is 4. The van der Waals surface area contributed by atoms with E-state index >= 15 is 0 Å². The fourth-order valence-electron chi connectivity index (χ4n) is 3.05. The lowest BCUT2D eigenvalue weighted by Gasteiger charge is -2.16. The lowest BCUT2D eigenvalue weighted by molar-refractivity contribution is 0.432. The van der Waals surface area contributed by atoms with Gasteiger partial charge in [-0.3, -0.25) is 13.9 Å². The standard InChI is InChI=1S/C23H17ClN4O2S/c1-15-11-13-17(14-12-15)27-21(29)20(26-25-16-7-3-2-4-8-16)22(30)28(23(27)31)19-10-6-5-9-18(19)24/h2-14,30H,1H3. The van der Waals surface area contributed by atoms with E-state index in [1.165, 1.54) is 9.13 Å². The maximum atomic E-state index is 13.3. The van der Waals surface area contributed by atoms with Gasteiger partial charge < -0.3 is 5.11 Å². The number of hydrogen-bond acceptors (Lipinski definition) is 5. The number of aryl methyl sites for hydroxylation is 1. The van der Waals surface area contributed by atoms with E-state index in [0.29, 0.717) is 22.1 Å². The molecule has 0 saturated carbocycles. The fourth-order valence-corrected chi connectivity index (χ4v) is 3.64. The zero-order chi connectivity index (χ0) is 22.0. The molecule has 4 rings (SSSR count). The molecule has 0 radical (unpaired) electrons. The van der Waals surface area contributed by atoms with E-state index in [1.807, 2.05) is 25.1 Å². The Hall–Kier alpha value is -3.55. The van der Waals surface area contributed by atoms with Crippen LogP contribution in [-0.2, 0) is 0 Å². The van der Waals surface area contributed by atoms with Crippen molar-refractivity contribution in [2.45, 2.75) is 6.92 Å². The molecule has 1 aromatic heterocycles. The van der Waals surface area contributed by atoms with Crippen molar-refractivity contribution in [1.29, 1.82) is 0 Å². The van der Waals surface area contributed by atoms with Gasteiger partial charge in [-0.15, -0.1) is 5.11 Å². The van der Waals surface area contributed by atoms with Crippen LogP contribution in [0, 0.1) is 11.7 Å². The first-order valence-electron chi connectivity index (χ1n) is 9.37. The molecule has 1 N–H and O–H groups in total. The first kappa shape index (κ1) is 20.7. The molecule has 0 saturated heterocycles. The highest BCUT2D eigenvalue weighted by molar-refractivity contribution is 7.71. The molecule has 154 valence electrons. The summed E-state index contributed by atoms with van der Waals surface area (Å²) in [6, 6.07) is 23.1. The number of aromatic nitrogens is 2. The summed E-state index contributed by atoms with van der Waals surface area (Å²) in [5.41, 5.74) is 1.69. The van der Waals surface area contributed by atoms with Gasteiger partial charge in [-0.05, 0) is 55.5 Å². The highest BCUT2D eigenvalue weighted by Gasteiger charge is 2.20. The van der Waals surface area contributed by atoms with Crippen molar-refractivity contribution in [3.63, 3.8) is 0 Å². The zero-order valence-electron chi connectivity index (χ0n) is 16.4. The van der Waals surface area contributed by atoms with Crippen LogP contribution in [0.25, 0.3) is 11.4 Å². The number of benzene rings is 3. The largest absolute Gasteiger partial charge is 0.492 e. The third-order valence-electron chi connectivity index (χ3n) is 4.62. The van der Waals surface area contributed by atoms with Gasteiger partial charge in [0.05, 0.1) is 22.1 Å². The molecule has 0 aliphatic carbocycles. The van der Waals surface area contributed by atoms with Crippen molar-refractivity contribution >= 4 is 35.2 Å². The van der Waals surface area contributed by atoms with E-state index in [2.05, 4.69) is 10.2 Å². The third kappa shape index (κ3) is 4.05. The number of para-hydroxylation sites is 1. The topological polar surface area (TPSA) is 71.9 Å². The number of aromatic hydroxyl groups is 1. The summed E-state index contributed by atoms with van der Waals surface area (Å²) in [6.07, 6.45) is 0. The van der Waals surface area contributed by atoms with Crippen LogP contribution in [0.2, 0.25) is 5.02 Å². The van der Waals surface area contributed by atoms with Crippen molar-refractivity contribution < 1.29 is 5.11 Å². The van der Waals surface area contributed by atoms with Crippen LogP contribution >= 0.6 is 23.8 Å². The van der Waals surface area contributed by atoms with Crippen LogP contribution in [0.3, 0.4) is 0 Å². The van der Waals surface area contributed by atoms with Crippen molar-refractivity contribution in [2.75, 3.05) is 0 Å². The van der Waals surface area contributed by atoms with E-state index in [4.69, 9.17) is 23.8 Å². The second-order valence-corrected chi connectivity index (χ2v) is 7.53. The summed E-state index contributed by atoms with van der Waals surface area (Å²) in [6.45, 7) is 1.95. The molecule has 0 bridgehead atoms. The monoisotopic (exact) mass is 448 g/mol. The fraction of sp³-hybridized carbons (Fsp3) is 0.0435. The Labute approximate surface area is 188 Å². The maximum Gasteiger partial charge on any atom is 0.290 e. The maximum absolute atomic E-state index is 13.3. The van der Waals surface area contributed by atoms with Crippen molar-refractivity contribution in [2.24, 2.45) is 10.2 Å². The van der Waals surface area contributed by atoms with Gasteiger partial charge >= 0.3 is 0 Å².